The molecule has 0 saturated heterocycles. The summed E-state index contributed by atoms with van der Waals surface area (Å²) in [7, 11) is 0. The number of ketones is 1. The first-order chi connectivity index (χ1) is 10.9. The predicted molar refractivity (Wildman–Crippen MR) is 92.4 cm³/mol. The van der Waals surface area contributed by atoms with E-state index in [1.54, 1.807) is 19.1 Å². The molecule has 1 fully saturated rings. The van der Waals surface area contributed by atoms with Crippen molar-refractivity contribution in [2.24, 2.45) is 16.2 Å². The van der Waals surface area contributed by atoms with E-state index in [4.69, 9.17) is 0 Å². The molecule has 0 amide bonds. The number of allylic oxidation sites excluding steroid dienone is 3. The lowest BCUT2D eigenvalue weighted by molar-refractivity contribution is -0.148. The van der Waals surface area contributed by atoms with E-state index in [0.717, 1.165) is 0 Å². The lowest BCUT2D eigenvalue weighted by Crippen LogP contribution is -2.64. The van der Waals surface area contributed by atoms with Crippen molar-refractivity contribution in [1.82, 2.24) is 0 Å². The molecular weight excluding hydrogens is 304 g/mol. The van der Waals surface area contributed by atoms with Crippen LogP contribution in [0.4, 0.5) is 0 Å². The molecule has 4 atom stereocenters. The van der Waals surface area contributed by atoms with E-state index in [1.807, 2.05) is 20.8 Å². The van der Waals surface area contributed by atoms with Crippen LogP contribution in [0.15, 0.2) is 35.6 Å². The van der Waals surface area contributed by atoms with Gasteiger partial charge in [-0.1, -0.05) is 39.8 Å². The van der Waals surface area contributed by atoms with Crippen LogP contribution in [0.1, 0.15) is 53.4 Å². The monoisotopic (exact) mass is 332 g/mol. The van der Waals surface area contributed by atoms with Crippen molar-refractivity contribution in [3.05, 3.63) is 35.6 Å². The number of aliphatic hydroxyl groups excluding tert-OH is 2. The first-order valence-corrected chi connectivity index (χ1v) is 8.69. The molecular formula is C20H28O4. The second-order valence-corrected chi connectivity index (χ2v) is 8.82. The average Bonchev–Trinajstić information content (AvgIpc) is 2.52. The third kappa shape index (κ3) is 1.90. The van der Waals surface area contributed by atoms with Gasteiger partial charge >= 0.3 is 0 Å². The fourth-order valence-corrected chi connectivity index (χ4v) is 5.13. The van der Waals surface area contributed by atoms with Crippen LogP contribution in [-0.4, -0.2) is 32.8 Å². The number of aliphatic hydroxyl groups is 3. The van der Waals surface area contributed by atoms with Crippen molar-refractivity contribution >= 4 is 5.78 Å². The maximum Gasteiger partial charge on any atom is 0.225 e. The molecule has 3 aliphatic carbocycles. The SMILES string of the molecule is C=CC1(C)C=C2C(=O)C(O)=C3C(C)(C)CCC(O)C3(C)C2(O)CC1. The normalized spacial score (nSPS) is 44.5. The second kappa shape index (κ2) is 4.83. The number of carbonyl (C=O) groups excluding carboxylic acids is 1. The predicted octanol–water partition coefficient (Wildman–Crippen LogP) is 3.21. The lowest BCUT2D eigenvalue weighted by Gasteiger charge is -2.60. The molecule has 0 aliphatic heterocycles. The highest BCUT2D eigenvalue weighted by molar-refractivity contribution is 6.10. The Bertz CT molecular complexity index is 686. The maximum atomic E-state index is 12.9. The Balaban J connectivity index is 2.34. The highest BCUT2D eigenvalue weighted by Gasteiger charge is 2.66. The third-order valence-electron chi connectivity index (χ3n) is 6.87. The van der Waals surface area contributed by atoms with Gasteiger partial charge < -0.3 is 15.3 Å². The van der Waals surface area contributed by atoms with Gasteiger partial charge in [-0.15, -0.1) is 6.58 Å². The summed E-state index contributed by atoms with van der Waals surface area (Å²) in [5, 5.41) is 33.2. The summed E-state index contributed by atoms with van der Waals surface area (Å²) in [5.74, 6) is -0.814. The van der Waals surface area contributed by atoms with Gasteiger partial charge in [0.05, 0.1) is 11.5 Å². The van der Waals surface area contributed by atoms with Crippen LogP contribution >= 0.6 is 0 Å². The summed E-state index contributed by atoms with van der Waals surface area (Å²) >= 11 is 0. The van der Waals surface area contributed by atoms with Crippen molar-refractivity contribution in [2.45, 2.75) is 65.1 Å². The summed E-state index contributed by atoms with van der Waals surface area (Å²) in [6, 6.07) is 0. The number of fused-ring (bicyclic) bond motifs is 3. The van der Waals surface area contributed by atoms with Crippen LogP contribution in [0.25, 0.3) is 0 Å². The minimum Gasteiger partial charge on any atom is -0.504 e. The summed E-state index contributed by atoms with van der Waals surface area (Å²) in [6.45, 7) is 11.5. The Labute approximate surface area is 143 Å². The smallest absolute Gasteiger partial charge is 0.225 e. The standard InChI is InChI=1S/C20H28O4/c1-6-18(4)9-10-20(24)12(11-18)14(22)15(23)16-17(2,3)8-7-13(21)19(16,20)5/h6,11,13,21,23-24H,1,7-10H2,2-5H3. The fraction of sp³-hybridized carbons (Fsp3) is 0.650. The van der Waals surface area contributed by atoms with Crippen molar-refractivity contribution in [3.63, 3.8) is 0 Å². The molecule has 24 heavy (non-hydrogen) atoms. The minimum atomic E-state index is -1.47. The molecule has 4 nitrogen and oxygen atoms in total. The van der Waals surface area contributed by atoms with E-state index in [-0.39, 0.29) is 11.3 Å². The molecule has 0 aromatic carbocycles. The molecule has 0 aromatic heterocycles. The molecule has 1 saturated carbocycles. The van der Waals surface area contributed by atoms with Crippen LogP contribution in [0, 0.1) is 16.2 Å². The zero-order chi connectivity index (χ0) is 18.1. The zero-order valence-electron chi connectivity index (χ0n) is 15.0. The molecule has 0 bridgehead atoms. The topological polar surface area (TPSA) is 77.8 Å². The number of hydrogen-bond acceptors (Lipinski definition) is 4. The van der Waals surface area contributed by atoms with Gasteiger partial charge in [-0.25, -0.2) is 0 Å². The zero-order valence-corrected chi connectivity index (χ0v) is 15.0. The molecule has 3 N–H and O–H groups in total. The summed E-state index contributed by atoms with van der Waals surface area (Å²) in [6.07, 6.45) is 4.88. The van der Waals surface area contributed by atoms with Gasteiger partial charge in [0, 0.05) is 11.0 Å². The van der Waals surface area contributed by atoms with Crippen LogP contribution in [0.2, 0.25) is 0 Å². The Hall–Kier alpha value is -1.39. The van der Waals surface area contributed by atoms with Crippen LogP contribution in [0.3, 0.4) is 0 Å². The van der Waals surface area contributed by atoms with Gasteiger partial charge in [0.25, 0.3) is 0 Å². The van der Waals surface area contributed by atoms with Crippen LogP contribution in [0.5, 0.6) is 0 Å². The Morgan fingerprint density at radius 3 is 2.42 bits per heavy atom. The van der Waals surface area contributed by atoms with Gasteiger partial charge in [0.15, 0.2) is 5.76 Å². The number of rotatable bonds is 1. The van der Waals surface area contributed by atoms with Gasteiger partial charge in [-0.2, -0.15) is 0 Å². The fourth-order valence-electron chi connectivity index (χ4n) is 5.13. The molecule has 4 unspecified atom stereocenters. The van der Waals surface area contributed by atoms with Crippen molar-refractivity contribution in [1.29, 1.82) is 0 Å². The number of hydrogen-bond donors (Lipinski definition) is 3. The van der Waals surface area contributed by atoms with E-state index in [2.05, 4.69) is 6.58 Å². The number of carbonyl (C=O) groups is 1. The molecule has 3 rings (SSSR count). The highest BCUT2D eigenvalue weighted by atomic mass is 16.3. The molecule has 0 radical (unpaired) electrons. The van der Waals surface area contributed by atoms with Gasteiger partial charge in [0.2, 0.25) is 5.78 Å². The van der Waals surface area contributed by atoms with Gasteiger partial charge in [-0.05, 0) is 36.7 Å². The van der Waals surface area contributed by atoms with Crippen LogP contribution < -0.4 is 0 Å². The maximum absolute atomic E-state index is 12.9. The molecule has 0 aromatic rings. The Morgan fingerprint density at radius 1 is 1.21 bits per heavy atom. The molecule has 4 heteroatoms. The summed E-state index contributed by atoms with van der Waals surface area (Å²) in [4.78, 5) is 12.9. The van der Waals surface area contributed by atoms with Crippen molar-refractivity contribution in [2.75, 3.05) is 0 Å². The van der Waals surface area contributed by atoms with Gasteiger partial charge in [-0.3, -0.25) is 4.79 Å². The molecule has 0 heterocycles. The quantitative estimate of drug-likeness (QED) is 0.644. The first kappa shape index (κ1) is 17.4. The molecule has 0 spiro atoms. The first-order valence-electron chi connectivity index (χ1n) is 8.69. The number of Topliss-reactive ketones (excluding diaryl/α,β-unsaturated/α-hetero) is 1. The summed E-state index contributed by atoms with van der Waals surface area (Å²) in [5.41, 5.74) is -2.68. The van der Waals surface area contributed by atoms with Crippen molar-refractivity contribution in [3.8, 4) is 0 Å². The molecule has 3 aliphatic rings. The Morgan fingerprint density at radius 2 is 1.83 bits per heavy atom. The second-order valence-electron chi connectivity index (χ2n) is 8.82. The van der Waals surface area contributed by atoms with E-state index < -0.39 is 33.7 Å². The van der Waals surface area contributed by atoms with E-state index >= 15 is 0 Å². The minimum absolute atomic E-state index is 0.205. The Kier molecular flexibility index (Phi) is 3.51. The van der Waals surface area contributed by atoms with E-state index in [0.29, 0.717) is 31.3 Å². The molecule has 132 valence electrons. The van der Waals surface area contributed by atoms with E-state index in [9.17, 15) is 20.1 Å². The van der Waals surface area contributed by atoms with Crippen LogP contribution in [-0.2, 0) is 4.79 Å². The third-order valence-corrected chi connectivity index (χ3v) is 6.87. The summed E-state index contributed by atoms with van der Waals surface area (Å²) < 4.78 is 0. The van der Waals surface area contributed by atoms with E-state index in [1.165, 1.54) is 0 Å². The van der Waals surface area contributed by atoms with Crippen molar-refractivity contribution < 1.29 is 20.1 Å². The lowest BCUT2D eigenvalue weighted by atomic mass is 9.46. The van der Waals surface area contributed by atoms with Gasteiger partial charge in [0.1, 0.15) is 5.60 Å². The highest BCUT2D eigenvalue weighted by Crippen LogP contribution is 2.63. The largest absolute Gasteiger partial charge is 0.504 e. The average molecular weight is 332 g/mol.